The molecule has 0 bridgehead atoms. The molecule has 38 heavy (non-hydrogen) atoms. The Balaban J connectivity index is 1.68. The van der Waals surface area contributed by atoms with Gasteiger partial charge in [0.15, 0.2) is 0 Å². The maximum atomic E-state index is 13.1. The first-order valence-electron chi connectivity index (χ1n) is 11.6. The molecule has 1 amide bonds. The zero-order valence-electron chi connectivity index (χ0n) is 20.8. The van der Waals surface area contributed by atoms with E-state index in [2.05, 4.69) is 9.71 Å². The van der Waals surface area contributed by atoms with Crippen molar-refractivity contribution in [3.8, 4) is 17.0 Å². The SMILES string of the molecule is CC(C)(C)c1ccc(S(=O)(=O)Nc2ccc3[nH]c(OC(=O)NCC(F)(F)F)c(-c4ccccc4)c3c2)cc1. The maximum Gasteiger partial charge on any atom is 0.414 e. The molecule has 0 saturated heterocycles. The van der Waals surface area contributed by atoms with Gasteiger partial charge in [-0.15, -0.1) is 0 Å². The van der Waals surface area contributed by atoms with Crippen LogP contribution in [0.25, 0.3) is 22.0 Å². The smallest absolute Gasteiger partial charge is 0.393 e. The Morgan fingerprint density at radius 3 is 2.21 bits per heavy atom. The van der Waals surface area contributed by atoms with Crippen molar-refractivity contribution in [3.63, 3.8) is 0 Å². The van der Waals surface area contributed by atoms with Gasteiger partial charge in [0.05, 0.1) is 10.5 Å². The maximum absolute atomic E-state index is 13.1. The molecule has 0 saturated carbocycles. The number of H-pyrrole nitrogens is 1. The average molecular weight is 546 g/mol. The third kappa shape index (κ3) is 6.28. The summed E-state index contributed by atoms with van der Waals surface area (Å²) in [6, 6.07) is 20.0. The van der Waals surface area contributed by atoms with Crippen LogP contribution in [0.3, 0.4) is 0 Å². The highest BCUT2D eigenvalue weighted by atomic mass is 32.2. The number of ether oxygens (including phenoxy) is 1. The van der Waals surface area contributed by atoms with Crippen LogP contribution in [0.2, 0.25) is 0 Å². The summed E-state index contributed by atoms with van der Waals surface area (Å²) in [4.78, 5) is 15.1. The Bertz CT molecular complexity index is 1560. The summed E-state index contributed by atoms with van der Waals surface area (Å²) in [5, 5.41) is 2.17. The van der Waals surface area contributed by atoms with Crippen molar-refractivity contribution in [1.29, 1.82) is 0 Å². The van der Waals surface area contributed by atoms with Gasteiger partial charge in [0.2, 0.25) is 5.88 Å². The third-order valence-electron chi connectivity index (χ3n) is 5.74. The van der Waals surface area contributed by atoms with E-state index in [1.807, 2.05) is 20.8 Å². The molecular formula is C27H26F3N3O4S. The van der Waals surface area contributed by atoms with Crippen molar-refractivity contribution in [1.82, 2.24) is 10.3 Å². The summed E-state index contributed by atoms with van der Waals surface area (Å²) in [6.07, 6.45) is -5.88. The average Bonchev–Trinajstić information content (AvgIpc) is 3.19. The number of halogens is 3. The van der Waals surface area contributed by atoms with E-state index in [9.17, 15) is 26.4 Å². The molecule has 4 aromatic rings. The highest BCUT2D eigenvalue weighted by molar-refractivity contribution is 7.92. The van der Waals surface area contributed by atoms with E-state index < -0.39 is 28.8 Å². The molecule has 1 aromatic heterocycles. The summed E-state index contributed by atoms with van der Waals surface area (Å²) < 4.78 is 71.4. The van der Waals surface area contributed by atoms with Crippen LogP contribution >= 0.6 is 0 Å². The van der Waals surface area contributed by atoms with Crippen LogP contribution in [0.4, 0.5) is 23.7 Å². The van der Waals surface area contributed by atoms with Crippen LogP contribution < -0.4 is 14.8 Å². The lowest BCUT2D eigenvalue weighted by molar-refractivity contribution is -0.123. The van der Waals surface area contributed by atoms with E-state index in [1.165, 1.54) is 6.07 Å². The fourth-order valence-electron chi connectivity index (χ4n) is 3.85. The van der Waals surface area contributed by atoms with Gasteiger partial charge in [0.25, 0.3) is 10.0 Å². The number of amides is 1. The van der Waals surface area contributed by atoms with Crippen molar-refractivity contribution in [3.05, 3.63) is 78.4 Å². The quantitative estimate of drug-likeness (QED) is 0.255. The molecule has 0 aliphatic carbocycles. The van der Waals surface area contributed by atoms with Gasteiger partial charge in [-0.1, -0.05) is 63.2 Å². The number of benzene rings is 3. The van der Waals surface area contributed by atoms with Crippen LogP contribution in [0.1, 0.15) is 26.3 Å². The van der Waals surface area contributed by atoms with Gasteiger partial charge in [-0.05, 0) is 46.9 Å². The van der Waals surface area contributed by atoms with Gasteiger partial charge < -0.3 is 15.0 Å². The van der Waals surface area contributed by atoms with E-state index in [-0.39, 0.29) is 21.9 Å². The first-order chi connectivity index (χ1) is 17.7. The molecule has 0 unspecified atom stereocenters. The summed E-state index contributed by atoms with van der Waals surface area (Å²) in [6.45, 7) is 4.55. The third-order valence-corrected chi connectivity index (χ3v) is 7.13. The number of alkyl halides is 3. The Hall–Kier alpha value is -3.99. The van der Waals surface area contributed by atoms with Crippen LogP contribution in [0.15, 0.2) is 77.7 Å². The van der Waals surface area contributed by atoms with Crippen molar-refractivity contribution < 1.29 is 31.1 Å². The molecule has 200 valence electrons. The minimum Gasteiger partial charge on any atom is -0.393 e. The molecule has 0 aliphatic heterocycles. The first-order valence-corrected chi connectivity index (χ1v) is 13.1. The molecule has 3 aromatic carbocycles. The van der Waals surface area contributed by atoms with Gasteiger partial charge in [0, 0.05) is 16.6 Å². The van der Waals surface area contributed by atoms with Crippen molar-refractivity contribution >= 4 is 32.7 Å². The van der Waals surface area contributed by atoms with Crippen LogP contribution in [-0.2, 0) is 15.4 Å². The van der Waals surface area contributed by atoms with Gasteiger partial charge in [-0.25, -0.2) is 13.2 Å². The molecule has 0 atom stereocenters. The lowest BCUT2D eigenvalue weighted by Crippen LogP contribution is -2.35. The molecule has 0 radical (unpaired) electrons. The topological polar surface area (TPSA) is 100 Å². The van der Waals surface area contributed by atoms with Gasteiger partial charge in [0.1, 0.15) is 6.54 Å². The number of carbonyl (C=O) groups is 1. The monoisotopic (exact) mass is 545 g/mol. The van der Waals surface area contributed by atoms with Crippen molar-refractivity contribution in [2.75, 3.05) is 11.3 Å². The van der Waals surface area contributed by atoms with Gasteiger partial charge in [-0.2, -0.15) is 13.2 Å². The van der Waals surface area contributed by atoms with E-state index in [0.29, 0.717) is 22.0 Å². The minimum atomic E-state index is -4.60. The fourth-order valence-corrected chi connectivity index (χ4v) is 4.90. The van der Waals surface area contributed by atoms with Crippen LogP contribution in [-0.4, -0.2) is 32.2 Å². The molecule has 0 spiro atoms. The minimum absolute atomic E-state index is 0.0800. The Morgan fingerprint density at radius 2 is 1.61 bits per heavy atom. The Labute approximate surface area is 218 Å². The highest BCUT2D eigenvalue weighted by Crippen LogP contribution is 2.39. The summed E-state index contributed by atoms with van der Waals surface area (Å²) in [5.41, 5.74) is 2.59. The number of hydrogen-bond acceptors (Lipinski definition) is 4. The second kappa shape index (κ2) is 10.1. The largest absolute Gasteiger partial charge is 0.414 e. The number of aromatic amines is 1. The molecule has 7 nitrogen and oxygen atoms in total. The van der Waals surface area contributed by atoms with E-state index >= 15 is 0 Å². The molecule has 11 heteroatoms. The van der Waals surface area contributed by atoms with Crippen LogP contribution in [0.5, 0.6) is 5.88 Å². The van der Waals surface area contributed by atoms with Crippen molar-refractivity contribution in [2.45, 2.75) is 37.3 Å². The lowest BCUT2D eigenvalue weighted by Gasteiger charge is -2.19. The van der Waals surface area contributed by atoms with E-state index in [4.69, 9.17) is 4.74 Å². The zero-order chi connectivity index (χ0) is 27.7. The van der Waals surface area contributed by atoms with Gasteiger partial charge >= 0.3 is 12.3 Å². The van der Waals surface area contributed by atoms with Crippen molar-refractivity contribution in [2.24, 2.45) is 0 Å². The number of fused-ring (bicyclic) bond motifs is 1. The number of rotatable bonds is 6. The summed E-state index contributed by atoms with van der Waals surface area (Å²) in [5.74, 6) is -0.0800. The van der Waals surface area contributed by atoms with E-state index in [1.54, 1.807) is 72.0 Å². The molecule has 3 N–H and O–H groups in total. The number of sulfonamides is 1. The fraction of sp³-hybridized carbons (Fsp3) is 0.222. The number of aromatic nitrogens is 1. The first kappa shape index (κ1) is 27.1. The predicted octanol–water partition coefficient (Wildman–Crippen LogP) is 6.58. The molecule has 0 fully saturated rings. The second-order valence-electron chi connectivity index (χ2n) is 9.69. The van der Waals surface area contributed by atoms with E-state index in [0.717, 1.165) is 5.56 Å². The molecule has 0 aliphatic rings. The van der Waals surface area contributed by atoms with Crippen LogP contribution in [0, 0.1) is 0 Å². The summed E-state index contributed by atoms with van der Waals surface area (Å²) in [7, 11) is -3.92. The van der Waals surface area contributed by atoms with Gasteiger partial charge in [-0.3, -0.25) is 4.72 Å². The number of nitrogens with one attached hydrogen (secondary N) is 3. The standard InChI is InChI=1S/C27H26F3N3O4S/c1-26(2,3)18-9-12-20(13-10-18)38(35,36)33-19-11-14-22-21(15-19)23(17-7-5-4-6-8-17)24(32-22)37-25(34)31-16-27(28,29)30/h4-15,32-33H,16H2,1-3H3,(H,31,34). The highest BCUT2D eigenvalue weighted by Gasteiger charge is 2.29. The molecule has 1 heterocycles. The normalized spacial score (nSPS) is 12.4. The number of hydrogen-bond donors (Lipinski definition) is 3. The second-order valence-corrected chi connectivity index (χ2v) is 11.4. The molecule has 4 rings (SSSR count). The Kier molecular flexibility index (Phi) is 7.16. The molecular weight excluding hydrogens is 519 g/mol. The number of anilines is 1. The zero-order valence-corrected chi connectivity index (χ0v) is 21.6. The summed E-state index contributed by atoms with van der Waals surface area (Å²) >= 11 is 0. The number of carbonyl (C=O) groups excluding carboxylic acids is 1. The Morgan fingerprint density at radius 1 is 0.947 bits per heavy atom. The predicted molar refractivity (Wildman–Crippen MR) is 140 cm³/mol. The lowest BCUT2D eigenvalue weighted by atomic mass is 9.87.